The van der Waals surface area contributed by atoms with Gasteiger partial charge in [0.1, 0.15) is 0 Å². The fourth-order valence-electron chi connectivity index (χ4n) is 1.29. The molecule has 16 heavy (non-hydrogen) atoms. The van der Waals surface area contributed by atoms with E-state index in [4.69, 9.17) is 10.8 Å². The first-order valence-corrected chi connectivity index (χ1v) is 4.83. The Morgan fingerprint density at radius 3 is 2.75 bits per heavy atom. The number of hydrogen-bond donors (Lipinski definition) is 2. The number of carboxylic acids is 1. The summed E-state index contributed by atoms with van der Waals surface area (Å²) < 4.78 is 0. The molecule has 0 bridgehead atoms. The van der Waals surface area contributed by atoms with Gasteiger partial charge in [-0.2, -0.15) is 0 Å². The van der Waals surface area contributed by atoms with Crippen molar-refractivity contribution >= 4 is 18.0 Å². The van der Waals surface area contributed by atoms with E-state index in [1.165, 1.54) is 0 Å². The Labute approximate surface area is 93.4 Å². The summed E-state index contributed by atoms with van der Waals surface area (Å²) in [6.07, 6.45) is 3.58. The highest BCUT2D eigenvalue weighted by Crippen LogP contribution is 2.08. The van der Waals surface area contributed by atoms with Crippen LogP contribution in [0.2, 0.25) is 0 Å². The van der Waals surface area contributed by atoms with E-state index in [2.05, 4.69) is 0 Å². The van der Waals surface area contributed by atoms with Crippen LogP contribution in [-0.4, -0.2) is 17.0 Å². The molecule has 0 saturated heterocycles. The molecule has 4 nitrogen and oxygen atoms in total. The molecule has 0 aliphatic heterocycles. The van der Waals surface area contributed by atoms with Crippen LogP contribution in [0, 0.1) is 0 Å². The lowest BCUT2D eigenvalue weighted by atomic mass is 10.1. The van der Waals surface area contributed by atoms with Crippen molar-refractivity contribution in [3.8, 4) is 0 Å². The molecule has 84 valence electrons. The van der Waals surface area contributed by atoms with E-state index in [9.17, 15) is 9.59 Å². The highest BCUT2D eigenvalue weighted by atomic mass is 16.4. The van der Waals surface area contributed by atoms with Crippen LogP contribution in [-0.2, 0) is 16.0 Å². The Morgan fingerprint density at radius 1 is 1.38 bits per heavy atom. The molecule has 0 fully saturated rings. The number of aliphatic carboxylic acids is 1. The van der Waals surface area contributed by atoms with E-state index in [1.54, 1.807) is 30.4 Å². The zero-order valence-electron chi connectivity index (χ0n) is 8.72. The Hall–Kier alpha value is -2.10. The lowest BCUT2D eigenvalue weighted by Crippen LogP contribution is -2.07. The molecule has 0 saturated carbocycles. The molecular weight excluding hydrogens is 206 g/mol. The van der Waals surface area contributed by atoms with E-state index in [1.807, 2.05) is 6.07 Å². The maximum Gasteiger partial charge on any atom is 0.307 e. The number of nitrogens with two attached hydrogens (primary N) is 1. The minimum atomic E-state index is -0.863. The molecule has 3 N–H and O–H groups in total. The number of amides is 1. The minimum Gasteiger partial charge on any atom is -0.481 e. The van der Waals surface area contributed by atoms with E-state index in [-0.39, 0.29) is 12.8 Å². The first kappa shape index (κ1) is 12.0. The van der Waals surface area contributed by atoms with E-state index in [0.29, 0.717) is 0 Å². The van der Waals surface area contributed by atoms with Crippen LogP contribution in [0.3, 0.4) is 0 Å². The molecule has 1 aromatic rings. The van der Waals surface area contributed by atoms with Gasteiger partial charge >= 0.3 is 5.97 Å². The van der Waals surface area contributed by atoms with Crippen LogP contribution in [0.4, 0.5) is 0 Å². The fourth-order valence-corrected chi connectivity index (χ4v) is 1.29. The summed E-state index contributed by atoms with van der Waals surface area (Å²) in [6.45, 7) is 0. The topological polar surface area (TPSA) is 80.4 Å². The average Bonchev–Trinajstić information content (AvgIpc) is 2.16. The number of carbonyl (C=O) groups excluding carboxylic acids is 1. The van der Waals surface area contributed by atoms with E-state index in [0.717, 1.165) is 11.1 Å². The summed E-state index contributed by atoms with van der Waals surface area (Å²) in [6, 6.07) is 7.14. The lowest BCUT2D eigenvalue weighted by Gasteiger charge is -1.98. The molecular formula is C12H13NO3. The van der Waals surface area contributed by atoms with Crippen molar-refractivity contribution in [2.75, 3.05) is 0 Å². The summed E-state index contributed by atoms with van der Waals surface area (Å²) in [5.74, 6) is -1.25. The van der Waals surface area contributed by atoms with Crippen LogP contribution in [0.25, 0.3) is 6.08 Å². The SMILES string of the molecule is NC(=O)CC=Cc1cccc(CC(=O)O)c1. The molecule has 1 amide bonds. The number of rotatable bonds is 5. The normalized spacial score (nSPS) is 10.5. The second-order valence-electron chi connectivity index (χ2n) is 3.39. The zero-order chi connectivity index (χ0) is 12.0. The molecule has 0 atom stereocenters. The van der Waals surface area contributed by atoms with Gasteiger partial charge in [-0.15, -0.1) is 0 Å². The molecule has 1 rings (SSSR count). The van der Waals surface area contributed by atoms with Crippen molar-refractivity contribution in [1.29, 1.82) is 0 Å². The van der Waals surface area contributed by atoms with Gasteiger partial charge in [0.25, 0.3) is 0 Å². The molecule has 0 aliphatic carbocycles. The standard InChI is InChI=1S/C12H13NO3/c13-11(14)6-2-4-9-3-1-5-10(7-9)8-12(15)16/h1-5,7H,6,8H2,(H2,13,14)(H,15,16). The Bertz CT molecular complexity index is 424. The average molecular weight is 219 g/mol. The van der Waals surface area contributed by atoms with Crippen molar-refractivity contribution in [3.05, 3.63) is 41.5 Å². The lowest BCUT2D eigenvalue weighted by molar-refractivity contribution is -0.136. The second-order valence-corrected chi connectivity index (χ2v) is 3.39. The summed E-state index contributed by atoms with van der Waals surface area (Å²) in [7, 11) is 0. The predicted octanol–water partition coefficient (Wildman–Crippen LogP) is 1.20. The number of carbonyl (C=O) groups is 2. The first-order valence-electron chi connectivity index (χ1n) is 4.83. The quantitative estimate of drug-likeness (QED) is 0.780. The molecule has 4 heteroatoms. The molecule has 0 spiro atoms. The molecule has 1 aromatic carbocycles. The summed E-state index contributed by atoms with van der Waals surface area (Å²) in [4.78, 5) is 21.0. The highest BCUT2D eigenvalue weighted by Gasteiger charge is 1.99. The molecule has 0 radical (unpaired) electrons. The summed E-state index contributed by atoms with van der Waals surface area (Å²) in [5, 5.41) is 8.63. The van der Waals surface area contributed by atoms with Crippen molar-refractivity contribution in [2.45, 2.75) is 12.8 Å². The van der Waals surface area contributed by atoms with Crippen molar-refractivity contribution in [3.63, 3.8) is 0 Å². The molecule has 0 aliphatic rings. The van der Waals surface area contributed by atoms with Gasteiger partial charge < -0.3 is 10.8 Å². The Morgan fingerprint density at radius 2 is 2.12 bits per heavy atom. The first-order chi connectivity index (χ1) is 7.58. The third-order valence-electron chi connectivity index (χ3n) is 1.94. The van der Waals surface area contributed by atoms with Gasteiger partial charge in [0.15, 0.2) is 0 Å². The van der Waals surface area contributed by atoms with Gasteiger partial charge in [-0.05, 0) is 11.1 Å². The molecule has 0 aromatic heterocycles. The van der Waals surface area contributed by atoms with Crippen LogP contribution in [0.5, 0.6) is 0 Å². The van der Waals surface area contributed by atoms with Gasteiger partial charge in [-0.25, -0.2) is 0 Å². The van der Waals surface area contributed by atoms with Crippen molar-refractivity contribution in [2.24, 2.45) is 5.73 Å². The minimum absolute atomic E-state index is 0.00248. The van der Waals surface area contributed by atoms with Gasteiger partial charge in [0.05, 0.1) is 6.42 Å². The monoisotopic (exact) mass is 219 g/mol. The number of hydrogen-bond acceptors (Lipinski definition) is 2. The molecule has 0 heterocycles. The highest BCUT2D eigenvalue weighted by molar-refractivity contribution is 5.76. The third kappa shape index (κ3) is 4.41. The maximum atomic E-state index is 10.5. The van der Waals surface area contributed by atoms with Gasteiger partial charge in [-0.1, -0.05) is 36.4 Å². The van der Waals surface area contributed by atoms with Gasteiger partial charge in [0.2, 0.25) is 5.91 Å². The summed E-state index contributed by atoms with van der Waals surface area (Å²) in [5.41, 5.74) is 6.58. The summed E-state index contributed by atoms with van der Waals surface area (Å²) >= 11 is 0. The van der Waals surface area contributed by atoms with Crippen LogP contribution in [0.15, 0.2) is 30.3 Å². The smallest absolute Gasteiger partial charge is 0.307 e. The van der Waals surface area contributed by atoms with Crippen molar-refractivity contribution in [1.82, 2.24) is 0 Å². The Balaban J connectivity index is 2.70. The van der Waals surface area contributed by atoms with Gasteiger partial charge in [0, 0.05) is 6.42 Å². The number of primary amides is 1. The Kier molecular flexibility index (Phi) is 4.27. The largest absolute Gasteiger partial charge is 0.481 e. The fraction of sp³-hybridized carbons (Fsp3) is 0.167. The van der Waals surface area contributed by atoms with Crippen LogP contribution < -0.4 is 5.73 Å². The van der Waals surface area contributed by atoms with E-state index >= 15 is 0 Å². The third-order valence-corrected chi connectivity index (χ3v) is 1.94. The molecule has 0 unspecified atom stereocenters. The second kappa shape index (κ2) is 5.70. The van der Waals surface area contributed by atoms with E-state index < -0.39 is 11.9 Å². The zero-order valence-corrected chi connectivity index (χ0v) is 8.72. The number of benzene rings is 1. The van der Waals surface area contributed by atoms with Crippen molar-refractivity contribution < 1.29 is 14.7 Å². The maximum absolute atomic E-state index is 10.5. The van der Waals surface area contributed by atoms with Crippen LogP contribution >= 0.6 is 0 Å². The predicted molar refractivity (Wildman–Crippen MR) is 60.6 cm³/mol. The number of carboxylic acid groups (broad SMARTS) is 1. The van der Waals surface area contributed by atoms with Gasteiger partial charge in [-0.3, -0.25) is 9.59 Å². The van der Waals surface area contributed by atoms with Crippen LogP contribution in [0.1, 0.15) is 17.5 Å².